The predicted molar refractivity (Wildman–Crippen MR) is 91.9 cm³/mol. The van der Waals surface area contributed by atoms with Crippen molar-refractivity contribution in [1.29, 1.82) is 0 Å². The van der Waals surface area contributed by atoms with E-state index in [9.17, 15) is 0 Å². The molecule has 2 unspecified atom stereocenters. The summed E-state index contributed by atoms with van der Waals surface area (Å²) >= 11 is 0. The Kier molecular flexibility index (Phi) is 7.24. The van der Waals surface area contributed by atoms with E-state index in [1.54, 1.807) is 7.11 Å². The van der Waals surface area contributed by atoms with Gasteiger partial charge in [-0.15, -0.1) is 0 Å². The molecule has 1 rings (SSSR count). The molecule has 120 valence electrons. The lowest BCUT2D eigenvalue weighted by molar-refractivity contribution is 0.275. The van der Waals surface area contributed by atoms with Crippen LogP contribution in [-0.2, 0) is 0 Å². The fraction of sp³-hybridized carbons (Fsp3) is 0.684. The van der Waals surface area contributed by atoms with Gasteiger partial charge in [0.2, 0.25) is 0 Å². The maximum Gasteiger partial charge on any atom is 0.119 e. The van der Waals surface area contributed by atoms with Crippen LogP contribution in [0.25, 0.3) is 0 Å². The highest BCUT2D eigenvalue weighted by Crippen LogP contribution is 2.31. The molecule has 0 radical (unpaired) electrons. The maximum absolute atomic E-state index is 5.37. The van der Waals surface area contributed by atoms with Crippen LogP contribution >= 0.6 is 0 Å². The first-order valence-electron chi connectivity index (χ1n) is 8.23. The third-order valence-corrected chi connectivity index (χ3v) is 3.74. The smallest absolute Gasteiger partial charge is 0.119 e. The zero-order chi connectivity index (χ0) is 15.9. The highest BCUT2D eigenvalue weighted by molar-refractivity contribution is 5.30. The molecular weight excluding hydrogens is 258 g/mol. The molecule has 0 heterocycles. The van der Waals surface area contributed by atoms with Crippen molar-refractivity contribution in [3.8, 4) is 5.75 Å². The van der Waals surface area contributed by atoms with E-state index in [4.69, 9.17) is 4.74 Å². The third kappa shape index (κ3) is 6.99. The minimum absolute atomic E-state index is 0.392. The Balaban J connectivity index is 2.79. The normalized spacial score (nSPS) is 14.8. The number of nitrogens with one attached hydrogen (secondary N) is 1. The van der Waals surface area contributed by atoms with Crippen LogP contribution in [0.3, 0.4) is 0 Å². The standard InChI is InChI=1S/C19H33NO/c1-7-11-20-18(12-15(2)14-19(3,4)5)16-9-8-10-17(13-16)21-6/h8-10,13,15,18,20H,7,11-12,14H2,1-6H3. The van der Waals surface area contributed by atoms with Crippen molar-refractivity contribution in [2.45, 2.75) is 59.9 Å². The predicted octanol–water partition coefficient (Wildman–Crippen LogP) is 5.20. The SMILES string of the molecule is CCCNC(CC(C)CC(C)(C)C)c1cccc(OC)c1. The number of hydrogen-bond donors (Lipinski definition) is 1. The third-order valence-electron chi connectivity index (χ3n) is 3.74. The van der Waals surface area contributed by atoms with E-state index in [2.05, 4.69) is 58.1 Å². The van der Waals surface area contributed by atoms with Gasteiger partial charge in [0.1, 0.15) is 5.75 Å². The largest absolute Gasteiger partial charge is 0.497 e. The molecule has 0 saturated carbocycles. The van der Waals surface area contributed by atoms with Gasteiger partial charge in [0, 0.05) is 6.04 Å². The van der Waals surface area contributed by atoms with Crippen molar-refractivity contribution in [2.24, 2.45) is 11.3 Å². The lowest BCUT2D eigenvalue weighted by atomic mass is 9.82. The zero-order valence-corrected chi connectivity index (χ0v) is 14.7. The van der Waals surface area contributed by atoms with Gasteiger partial charge in [-0.3, -0.25) is 0 Å². The van der Waals surface area contributed by atoms with Crippen molar-refractivity contribution in [2.75, 3.05) is 13.7 Å². The molecule has 2 nitrogen and oxygen atoms in total. The minimum Gasteiger partial charge on any atom is -0.497 e. The molecule has 1 aromatic carbocycles. The summed E-state index contributed by atoms with van der Waals surface area (Å²) < 4.78 is 5.37. The van der Waals surface area contributed by atoms with Gasteiger partial charge in [-0.25, -0.2) is 0 Å². The van der Waals surface area contributed by atoms with Crippen LogP contribution in [0.5, 0.6) is 5.75 Å². The first-order chi connectivity index (χ1) is 9.85. The Morgan fingerprint density at radius 2 is 1.95 bits per heavy atom. The van der Waals surface area contributed by atoms with Crippen molar-refractivity contribution in [3.63, 3.8) is 0 Å². The molecule has 0 aliphatic heterocycles. The van der Waals surface area contributed by atoms with E-state index in [0.29, 0.717) is 17.4 Å². The summed E-state index contributed by atoms with van der Waals surface area (Å²) in [4.78, 5) is 0. The molecule has 0 aromatic heterocycles. The van der Waals surface area contributed by atoms with Gasteiger partial charge in [0.05, 0.1) is 7.11 Å². The van der Waals surface area contributed by atoms with Gasteiger partial charge in [-0.2, -0.15) is 0 Å². The fourth-order valence-corrected chi connectivity index (χ4v) is 3.05. The summed E-state index contributed by atoms with van der Waals surface area (Å²) in [5.74, 6) is 1.64. The quantitative estimate of drug-likeness (QED) is 0.711. The van der Waals surface area contributed by atoms with Gasteiger partial charge < -0.3 is 10.1 Å². The van der Waals surface area contributed by atoms with Crippen LogP contribution in [0.15, 0.2) is 24.3 Å². The van der Waals surface area contributed by atoms with Crippen LogP contribution in [-0.4, -0.2) is 13.7 Å². The van der Waals surface area contributed by atoms with E-state index in [1.807, 2.05) is 6.07 Å². The van der Waals surface area contributed by atoms with Crippen molar-refractivity contribution < 1.29 is 4.74 Å². The Labute approximate surface area is 131 Å². The Morgan fingerprint density at radius 3 is 2.52 bits per heavy atom. The molecule has 0 amide bonds. The second kappa shape index (κ2) is 8.43. The summed E-state index contributed by atoms with van der Waals surface area (Å²) in [7, 11) is 1.73. The Bertz CT molecular complexity index is 408. The molecular formula is C19H33NO. The van der Waals surface area contributed by atoms with Crippen molar-refractivity contribution >= 4 is 0 Å². The van der Waals surface area contributed by atoms with E-state index in [1.165, 1.54) is 18.4 Å². The topological polar surface area (TPSA) is 21.3 Å². The van der Waals surface area contributed by atoms with Gasteiger partial charge in [-0.1, -0.05) is 46.8 Å². The molecule has 0 bridgehead atoms. The summed E-state index contributed by atoms with van der Waals surface area (Å²) in [5.41, 5.74) is 1.73. The lowest BCUT2D eigenvalue weighted by Gasteiger charge is -2.27. The van der Waals surface area contributed by atoms with Crippen LogP contribution in [0, 0.1) is 11.3 Å². The average molecular weight is 291 g/mol. The summed E-state index contributed by atoms with van der Waals surface area (Å²) in [5, 5.41) is 3.70. The summed E-state index contributed by atoms with van der Waals surface area (Å²) in [6.45, 7) is 12.6. The van der Waals surface area contributed by atoms with E-state index in [-0.39, 0.29) is 0 Å². The highest BCUT2D eigenvalue weighted by atomic mass is 16.5. The summed E-state index contributed by atoms with van der Waals surface area (Å²) in [6, 6.07) is 8.89. The van der Waals surface area contributed by atoms with Gasteiger partial charge in [0.15, 0.2) is 0 Å². The van der Waals surface area contributed by atoms with Crippen LogP contribution in [0.2, 0.25) is 0 Å². The van der Waals surface area contributed by atoms with E-state index < -0.39 is 0 Å². The number of methoxy groups -OCH3 is 1. The van der Waals surface area contributed by atoms with E-state index >= 15 is 0 Å². The molecule has 0 aliphatic carbocycles. The van der Waals surface area contributed by atoms with E-state index in [0.717, 1.165) is 18.7 Å². The average Bonchev–Trinajstić information content (AvgIpc) is 2.41. The fourth-order valence-electron chi connectivity index (χ4n) is 3.05. The molecule has 1 N–H and O–H groups in total. The molecule has 0 spiro atoms. The van der Waals surface area contributed by atoms with Crippen molar-refractivity contribution in [3.05, 3.63) is 29.8 Å². The van der Waals surface area contributed by atoms with Crippen LogP contribution in [0.4, 0.5) is 0 Å². The minimum atomic E-state index is 0.392. The first kappa shape index (κ1) is 18.0. The Hall–Kier alpha value is -1.02. The number of ether oxygens (including phenoxy) is 1. The molecule has 0 saturated heterocycles. The zero-order valence-electron chi connectivity index (χ0n) is 14.7. The van der Waals surface area contributed by atoms with Gasteiger partial charge >= 0.3 is 0 Å². The Morgan fingerprint density at radius 1 is 1.24 bits per heavy atom. The number of benzene rings is 1. The monoisotopic (exact) mass is 291 g/mol. The lowest BCUT2D eigenvalue weighted by Crippen LogP contribution is -2.25. The molecule has 21 heavy (non-hydrogen) atoms. The molecule has 1 aromatic rings. The second-order valence-electron chi connectivity index (χ2n) is 7.39. The number of hydrogen-bond acceptors (Lipinski definition) is 2. The summed E-state index contributed by atoms with van der Waals surface area (Å²) in [6.07, 6.45) is 3.58. The van der Waals surface area contributed by atoms with Crippen LogP contribution < -0.4 is 10.1 Å². The highest BCUT2D eigenvalue weighted by Gasteiger charge is 2.20. The number of rotatable bonds is 8. The molecule has 0 aliphatic rings. The van der Waals surface area contributed by atoms with Crippen LogP contribution in [0.1, 0.15) is 65.5 Å². The molecule has 0 fully saturated rings. The molecule has 2 atom stereocenters. The molecule has 2 heteroatoms. The first-order valence-corrected chi connectivity index (χ1v) is 8.23. The second-order valence-corrected chi connectivity index (χ2v) is 7.39. The maximum atomic E-state index is 5.37. The van der Waals surface area contributed by atoms with Gasteiger partial charge in [0.25, 0.3) is 0 Å². The van der Waals surface area contributed by atoms with Crippen molar-refractivity contribution in [1.82, 2.24) is 5.32 Å². The van der Waals surface area contributed by atoms with Gasteiger partial charge in [-0.05, 0) is 54.8 Å².